The summed E-state index contributed by atoms with van der Waals surface area (Å²) in [5.41, 5.74) is 11.7. The smallest absolute Gasteiger partial charge is 0.270 e. The maximum Gasteiger partial charge on any atom is 0.270 e. The summed E-state index contributed by atoms with van der Waals surface area (Å²) in [6, 6.07) is 18.1. The van der Waals surface area contributed by atoms with E-state index in [1.165, 1.54) is 12.1 Å². The number of aromatic nitrogens is 3. The van der Waals surface area contributed by atoms with Gasteiger partial charge in [-0.05, 0) is 41.3 Å². The van der Waals surface area contributed by atoms with Gasteiger partial charge in [0.05, 0.1) is 5.69 Å². The monoisotopic (exact) mass is 439 g/mol. The van der Waals surface area contributed by atoms with Gasteiger partial charge < -0.3 is 15.6 Å². The van der Waals surface area contributed by atoms with Crippen molar-refractivity contribution in [3.63, 3.8) is 0 Å². The zero-order valence-corrected chi connectivity index (χ0v) is 17.8. The molecule has 0 spiro atoms. The summed E-state index contributed by atoms with van der Waals surface area (Å²) in [6.45, 7) is 1.09. The van der Waals surface area contributed by atoms with E-state index in [2.05, 4.69) is 15.0 Å². The molecule has 0 fully saturated rings. The molecule has 5 rings (SSSR count). The van der Waals surface area contributed by atoms with Crippen LogP contribution in [0.5, 0.6) is 0 Å². The van der Waals surface area contributed by atoms with Crippen LogP contribution in [0.4, 0.5) is 10.3 Å². The van der Waals surface area contributed by atoms with Gasteiger partial charge in [0.1, 0.15) is 11.5 Å². The van der Waals surface area contributed by atoms with Crippen LogP contribution >= 0.6 is 0 Å². The van der Waals surface area contributed by atoms with Crippen LogP contribution in [0.3, 0.4) is 0 Å². The number of amides is 1. The number of H-pyrrole nitrogens is 1. The van der Waals surface area contributed by atoms with Gasteiger partial charge in [0, 0.05) is 36.6 Å². The molecular formula is C26H22FN5O. The summed E-state index contributed by atoms with van der Waals surface area (Å²) in [5, 5.41) is 0. The van der Waals surface area contributed by atoms with E-state index < -0.39 is 0 Å². The number of halogens is 1. The van der Waals surface area contributed by atoms with Crippen molar-refractivity contribution in [1.29, 1.82) is 0 Å². The molecule has 3 heterocycles. The fourth-order valence-corrected chi connectivity index (χ4v) is 4.05. The third kappa shape index (κ3) is 4.25. The quantitative estimate of drug-likeness (QED) is 0.479. The average molecular weight is 439 g/mol. The van der Waals surface area contributed by atoms with E-state index in [0.717, 1.165) is 27.8 Å². The molecule has 2 aromatic carbocycles. The third-order valence-electron chi connectivity index (χ3n) is 5.79. The van der Waals surface area contributed by atoms with Crippen molar-refractivity contribution >= 4 is 17.4 Å². The lowest BCUT2D eigenvalue weighted by Crippen LogP contribution is -2.34. The molecule has 33 heavy (non-hydrogen) atoms. The summed E-state index contributed by atoms with van der Waals surface area (Å²) < 4.78 is 13.2. The number of nitrogens with two attached hydrogens (primary N) is 1. The summed E-state index contributed by atoms with van der Waals surface area (Å²) in [4.78, 5) is 26.6. The number of aromatic amines is 1. The Bertz CT molecular complexity index is 1330. The molecule has 164 valence electrons. The van der Waals surface area contributed by atoms with Crippen LogP contribution in [0.15, 0.2) is 79.1 Å². The van der Waals surface area contributed by atoms with Crippen LogP contribution in [0.1, 0.15) is 22.5 Å². The Labute approximate surface area is 190 Å². The van der Waals surface area contributed by atoms with Crippen molar-refractivity contribution in [3.05, 3.63) is 96.2 Å². The minimum absolute atomic E-state index is 0.0843. The first-order chi connectivity index (χ1) is 16.1. The van der Waals surface area contributed by atoms with Crippen LogP contribution < -0.4 is 5.73 Å². The van der Waals surface area contributed by atoms with E-state index in [9.17, 15) is 9.18 Å². The molecule has 3 N–H and O–H groups in total. The average Bonchev–Trinajstić information content (AvgIpc) is 3.35. The van der Waals surface area contributed by atoms with Gasteiger partial charge in [0.2, 0.25) is 5.95 Å². The Morgan fingerprint density at radius 3 is 2.55 bits per heavy atom. The van der Waals surface area contributed by atoms with Gasteiger partial charge in [-0.3, -0.25) is 4.79 Å². The molecular weight excluding hydrogens is 417 g/mol. The van der Waals surface area contributed by atoms with E-state index in [4.69, 9.17) is 5.73 Å². The minimum Gasteiger partial charge on any atom is -0.368 e. The van der Waals surface area contributed by atoms with Gasteiger partial charge >= 0.3 is 0 Å². The number of carbonyl (C=O) groups excluding carboxylic acids is 1. The molecule has 7 heteroatoms. The number of benzene rings is 2. The topological polar surface area (TPSA) is 87.9 Å². The van der Waals surface area contributed by atoms with Gasteiger partial charge in [0.15, 0.2) is 0 Å². The summed E-state index contributed by atoms with van der Waals surface area (Å²) in [6.07, 6.45) is 6.21. The van der Waals surface area contributed by atoms with Crippen molar-refractivity contribution in [2.45, 2.75) is 6.42 Å². The van der Waals surface area contributed by atoms with Crippen molar-refractivity contribution in [2.75, 3.05) is 18.8 Å². The number of carbonyl (C=O) groups is 1. The van der Waals surface area contributed by atoms with Crippen molar-refractivity contribution in [2.24, 2.45) is 0 Å². The number of nitrogen functional groups attached to an aromatic ring is 1. The summed E-state index contributed by atoms with van der Waals surface area (Å²) >= 11 is 0. The highest BCUT2D eigenvalue weighted by Crippen LogP contribution is 2.31. The molecule has 0 atom stereocenters. The molecule has 4 aromatic rings. The van der Waals surface area contributed by atoms with E-state index in [-0.39, 0.29) is 17.7 Å². The van der Waals surface area contributed by atoms with Crippen LogP contribution in [-0.4, -0.2) is 38.8 Å². The van der Waals surface area contributed by atoms with Crippen LogP contribution in [0, 0.1) is 5.82 Å². The van der Waals surface area contributed by atoms with Crippen LogP contribution in [0.25, 0.3) is 28.0 Å². The Morgan fingerprint density at radius 2 is 1.82 bits per heavy atom. The fourth-order valence-electron chi connectivity index (χ4n) is 4.05. The number of nitrogens with one attached hydrogen (secondary N) is 1. The fraction of sp³-hybridized carbons (Fsp3) is 0.115. The largest absolute Gasteiger partial charge is 0.368 e. The standard InChI is InChI=1S/C26H22FN5O/c27-21-8-6-17(7-9-21)18-10-12-32(13-11-18)25(33)23-14-20(15-29-23)24-22(16-30-26(28)31-24)19-4-2-1-3-5-19/h1-10,14-16,29H,11-13H2,(H2,28,30,31). The maximum atomic E-state index is 13.2. The number of nitrogens with zero attached hydrogens (tertiary/aromatic N) is 3. The Balaban J connectivity index is 1.37. The van der Waals surface area contributed by atoms with Gasteiger partial charge in [-0.2, -0.15) is 0 Å². The van der Waals surface area contributed by atoms with E-state index in [1.807, 2.05) is 36.4 Å². The predicted octanol–water partition coefficient (Wildman–Crippen LogP) is 4.79. The second kappa shape index (κ2) is 8.70. The molecule has 1 aliphatic rings. The molecule has 0 bridgehead atoms. The highest BCUT2D eigenvalue weighted by molar-refractivity contribution is 5.95. The molecule has 0 unspecified atom stereocenters. The van der Waals surface area contributed by atoms with Gasteiger partial charge in [-0.1, -0.05) is 48.5 Å². The highest BCUT2D eigenvalue weighted by atomic mass is 19.1. The molecule has 0 aliphatic carbocycles. The van der Waals surface area contributed by atoms with Crippen molar-refractivity contribution in [1.82, 2.24) is 19.9 Å². The van der Waals surface area contributed by atoms with Gasteiger partial charge in [-0.15, -0.1) is 0 Å². The minimum atomic E-state index is -0.254. The van der Waals surface area contributed by atoms with Crippen LogP contribution in [-0.2, 0) is 0 Å². The Morgan fingerprint density at radius 1 is 1.03 bits per heavy atom. The zero-order chi connectivity index (χ0) is 22.8. The zero-order valence-electron chi connectivity index (χ0n) is 17.8. The third-order valence-corrected chi connectivity index (χ3v) is 5.79. The Hall–Kier alpha value is -4.26. The number of hydrogen-bond acceptors (Lipinski definition) is 4. The molecule has 0 radical (unpaired) electrons. The predicted molar refractivity (Wildman–Crippen MR) is 127 cm³/mol. The molecule has 6 nitrogen and oxygen atoms in total. The number of hydrogen-bond donors (Lipinski definition) is 2. The lowest BCUT2D eigenvalue weighted by atomic mass is 9.99. The first kappa shape index (κ1) is 20.6. The lowest BCUT2D eigenvalue weighted by Gasteiger charge is -2.26. The first-order valence-corrected chi connectivity index (χ1v) is 10.7. The molecule has 0 saturated heterocycles. The number of rotatable bonds is 4. The van der Waals surface area contributed by atoms with E-state index in [0.29, 0.717) is 30.9 Å². The van der Waals surface area contributed by atoms with Crippen molar-refractivity contribution in [3.8, 4) is 22.4 Å². The van der Waals surface area contributed by atoms with Gasteiger partial charge in [0.25, 0.3) is 5.91 Å². The van der Waals surface area contributed by atoms with Gasteiger partial charge in [-0.25, -0.2) is 14.4 Å². The first-order valence-electron chi connectivity index (χ1n) is 10.7. The second-order valence-corrected chi connectivity index (χ2v) is 7.90. The molecule has 2 aromatic heterocycles. The summed E-state index contributed by atoms with van der Waals surface area (Å²) in [7, 11) is 0. The SMILES string of the molecule is Nc1ncc(-c2ccccc2)c(-c2c[nH]c(C(=O)N3CC=C(c4ccc(F)cc4)CC3)c2)n1. The molecule has 0 saturated carbocycles. The normalized spacial score (nSPS) is 13.6. The van der Waals surface area contributed by atoms with E-state index in [1.54, 1.807) is 35.5 Å². The van der Waals surface area contributed by atoms with Crippen LogP contribution in [0.2, 0.25) is 0 Å². The van der Waals surface area contributed by atoms with Crippen molar-refractivity contribution < 1.29 is 9.18 Å². The molecule has 1 amide bonds. The second-order valence-electron chi connectivity index (χ2n) is 7.90. The molecule has 1 aliphatic heterocycles. The highest BCUT2D eigenvalue weighted by Gasteiger charge is 2.22. The maximum absolute atomic E-state index is 13.2. The van der Waals surface area contributed by atoms with E-state index >= 15 is 0 Å². The number of anilines is 1. The lowest BCUT2D eigenvalue weighted by molar-refractivity contribution is 0.0767. The summed E-state index contributed by atoms with van der Waals surface area (Å²) in [5.74, 6) is -0.164. The Kier molecular flexibility index (Phi) is 5.44.